The molecule has 1 N–H and O–H groups in total. The average molecular weight is 246 g/mol. The first kappa shape index (κ1) is 11.5. The normalized spacial score (nSPS) is 23.6. The van der Waals surface area contributed by atoms with Crippen LogP contribution in [-0.4, -0.2) is 24.2 Å². The molecule has 0 saturated carbocycles. The van der Waals surface area contributed by atoms with Crippen LogP contribution >= 0.6 is 0 Å². The number of nitrogens with zero attached hydrogens (tertiary/aromatic N) is 1. The fourth-order valence-corrected chi connectivity index (χ4v) is 2.54. The number of fused-ring (bicyclic) bond motifs is 1. The zero-order valence-corrected chi connectivity index (χ0v) is 10.6. The number of benzene rings is 1. The lowest BCUT2D eigenvalue weighted by Crippen LogP contribution is -2.22. The lowest BCUT2D eigenvalue weighted by molar-refractivity contribution is 0.0899. The monoisotopic (exact) mass is 246 g/mol. The van der Waals surface area contributed by atoms with Crippen LogP contribution in [0, 0.1) is 5.92 Å². The molecule has 0 radical (unpaired) electrons. The summed E-state index contributed by atoms with van der Waals surface area (Å²) in [5.74, 6) is 0.560. The van der Waals surface area contributed by atoms with Gasteiger partial charge in [-0.15, -0.1) is 0 Å². The highest BCUT2D eigenvalue weighted by Crippen LogP contribution is 2.24. The van der Waals surface area contributed by atoms with Gasteiger partial charge < -0.3 is 14.5 Å². The van der Waals surface area contributed by atoms with Crippen molar-refractivity contribution in [3.8, 4) is 0 Å². The van der Waals surface area contributed by atoms with Gasteiger partial charge >= 0.3 is 0 Å². The molecule has 1 aliphatic heterocycles. The van der Waals surface area contributed by atoms with Crippen LogP contribution in [0.2, 0.25) is 0 Å². The lowest BCUT2D eigenvalue weighted by atomic mass is 10.00. The highest BCUT2D eigenvalue weighted by atomic mass is 16.5. The third-order valence-electron chi connectivity index (χ3n) is 3.56. The summed E-state index contributed by atoms with van der Waals surface area (Å²) in [6, 6.07) is 8.42. The fraction of sp³-hybridized carbons (Fsp3) is 0.500. The topological polar surface area (TPSA) is 47.3 Å². The Bertz CT molecular complexity index is 490. The molecule has 4 heteroatoms. The molecule has 0 spiro atoms. The van der Waals surface area contributed by atoms with Gasteiger partial charge in [0.2, 0.25) is 0 Å². The van der Waals surface area contributed by atoms with E-state index in [2.05, 4.69) is 17.2 Å². The number of ether oxygens (including phenoxy) is 1. The summed E-state index contributed by atoms with van der Waals surface area (Å²) in [6.45, 7) is 3.91. The minimum absolute atomic E-state index is 0.377. The number of rotatable bonds is 4. The zero-order chi connectivity index (χ0) is 12.4. The molecule has 0 aliphatic carbocycles. The number of hydrogen-bond donors (Lipinski definition) is 1. The first-order chi connectivity index (χ1) is 8.86. The van der Waals surface area contributed by atoms with E-state index < -0.39 is 0 Å². The third-order valence-corrected chi connectivity index (χ3v) is 3.56. The molecule has 0 bridgehead atoms. The zero-order valence-electron chi connectivity index (χ0n) is 10.6. The Hall–Kier alpha value is -1.55. The summed E-state index contributed by atoms with van der Waals surface area (Å²) in [7, 11) is 0. The van der Waals surface area contributed by atoms with Crippen LogP contribution < -0.4 is 5.32 Å². The average Bonchev–Trinajstić information content (AvgIpc) is 3.01. The first-order valence-corrected chi connectivity index (χ1v) is 6.58. The number of oxazole rings is 1. The van der Waals surface area contributed by atoms with E-state index in [1.165, 1.54) is 0 Å². The number of hydrogen-bond acceptors (Lipinski definition) is 4. The van der Waals surface area contributed by atoms with Crippen LogP contribution in [0.3, 0.4) is 0 Å². The van der Waals surface area contributed by atoms with E-state index in [-0.39, 0.29) is 0 Å². The largest absolute Gasteiger partial charge is 0.424 e. The Morgan fingerprint density at radius 3 is 3.11 bits per heavy atom. The Morgan fingerprint density at radius 2 is 2.28 bits per heavy atom. The van der Waals surface area contributed by atoms with Gasteiger partial charge in [-0.3, -0.25) is 0 Å². The van der Waals surface area contributed by atoms with Gasteiger partial charge in [0, 0.05) is 19.1 Å². The van der Waals surface area contributed by atoms with Crippen LogP contribution in [0.25, 0.3) is 11.1 Å². The highest BCUT2D eigenvalue weighted by molar-refractivity contribution is 5.74. The van der Waals surface area contributed by atoms with E-state index in [4.69, 9.17) is 9.15 Å². The summed E-state index contributed by atoms with van der Waals surface area (Å²) in [5.41, 5.74) is 1.73. The summed E-state index contributed by atoms with van der Waals surface area (Å²) >= 11 is 0. The molecule has 3 rings (SSSR count). The molecule has 1 aliphatic rings. The van der Waals surface area contributed by atoms with Gasteiger partial charge in [0.1, 0.15) is 5.52 Å². The van der Waals surface area contributed by atoms with E-state index in [0.29, 0.717) is 18.0 Å². The highest BCUT2D eigenvalue weighted by Gasteiger charge is 2.26. The lowest BCUT2D eigenvalue weighted by Gasteiger charge is -2.16. The van der Waals surface area contributed by atoms with Gasteiger partial charge in [0.05, 0.1) is 6.10 Å². The van der Waals surface area contributed by atoms with E-state index in [9.17, 15) is 0 Å². The molecule has 1 fully saturated rings. The van der Waals surface area contributed by atoms with Crippen LogP contribution in [0.4, 0.5) is 6.01 Å². The summed E-state index contributed by atoms with van der Waals surface area (Å²) in [5, 5.41) is 3.28. The van der Waals surface area contributed by atoms with E-state index >= 15 is 0 Å². The fourth-order valence-electron chi connectivity index (χ4n) is 2.54. The van der Waals surface area contributed by atoms with Crippen molar-refractivity contribution in [2.24, 2.45) is 5.92 Å². The molecular formula is C14H18N2O2. The molecule has 18 heavy (non-hydrogen) atoms. The number of nitrogens with one attached hydrogen (secondary N) is 1. The maximum atomic E-state index is 5.67. The quantitative estimate of drug-likeness (QED) is 0.900. The van der Waals surface area contributed by atoms with E-state index in [0.717, 1.165) is 37.1 Å². The summed E-state index contributed by atoms with van der Waals surface area (Å²) in [4.78, 5) is 4.41. The standard InChI is InChI=1S/C14H18N2O2/c1-2-12-10(7-8-17-12)9-15-14-16-11-5-3-4-6-13(11)18-14/h3-6,10,12H,2,7-9H2,1H3,(H,15,16). The second-order valence-electron chi connectivity index (χ2n) is 4.73. The van der Waals surface area contributed by atoms with Gasteiger partial charge in [0.25, 0.3) is 6.01 Å². The van der Waals surface area contributed by atoms with Gasteiger partial charge in [-0.05, 0) is 25.0 Å². The van der Waals surface area contributed by atoms with Crippen molar-refractivity contribution in [2.45, 2.75) is 25.9 Å². The van der Waals surface area contributed by atoms with Gasteiger partial charge in [-0.25, -0.2) is 0 Å². The van der Waals surface area contributed by atoms with Crippen molar-refractivity contribution in [3.05, 3.63) is 24.3 Å². The number of para-hydroxylation sites is 2. The van der Waals surface area contributed by atoms with Crippen molar-refractivity contribution >= 4 is 17.1 Å². The molecular weight excluding hydrogens is 228 g/mol. The van der Waals surface area contributed by atoms with Gasteiger partial charge in [-0.2, -0.15) is 4.98 Å². The summed E-state index contributed by atoms with van der Waals surface area (Å²) in [6.07, 6.45) is 2.56. The van der Waals surface area contributed by atoms with E-state index in [1.54, 1.807) is 0 Å². The molecule has 96 valence electrons. The predicted octanol–water partition coefficient (Wildman–Crippen LogP) is 3.05. The van der Waals surface area contributed by atoms with Crippen molar-refractivity contribution < 1.29 is 9.15 Å². The molecule has 2 aromatic rings. The van der Waals surface area contributed by atoms with Crippen LogP contribution in [0.1, 0.15) is 19.8 Å². The second kappa shape index (κ2) is 4.98. The smallest absolute Gasteiger partial charge is 0.295 e. The minimum Gasteiger partial charge on any atom is -0.424 e. The minimum atomic E-state index is 0.377. The van der Waals surface area contributed by atoms with Crippen LogP contribution in [0.5, 0.6) is 0 Å². The van der Waals surface area contributed by atoms with Crippen LogP contribution in [0.15, 0.2) is 28.7 Å². The molecule has 2 atom stereocenters. The molecule has 2 heterocycles. The Kier molecular flexibility index (Phi) is 3.19. The summed E-state index contributed by atoms with van der Waals surface area (Å²) < 4.78 is 11.3. The number of anilines is 1. The molecule has 1 saturated heterocycles. The Balaban J connectivity index is 1.66. The molecule has 2 unspecified atom stereocenters. The van der Waals surface area contributed by atoms with Crippen molar-refractivity contribution in [3.63, 3.8) is 0 Å². The molecule has 0 amide bonds. The van der Waals surface area contributed by atoms with Crippen LogP contribution in [-0.2, 0) is 4.74 Å². The predicted molar refractivity (Wildman–Crippen MR) is 70.6 cm³/mol. The van der Waals surface area contributed by atoms with Gasteiger partial charge in [-0.1, -0.05) is 19.1 Å². The number of aromatic nitrogens is 1. The SMILES string of the molecule is CCC1OCCC1CNc1nc2ccccc2o1. The van der Waals surface area contributed by atoms with Crippen molar-refractivity contribution in [2.75, 3.05) is 18.5 Å². The second-order valence-corrected chi connectivity index (χ2v) is 4.73. The molecule has 1 aromatic carbocycles. The van der Waals surface area contributed by atoms with Crippen molar-refractivity contribution in [1.82, 2.24) is 4.98 Å². The Morgan fingerprint density at radius 1 is 1.39 bits per heavy atom. The van der Waals surface area contributed by atoms with E-state index in [1.807, 2.05) is 24.3 Å². The third kappa shape index (κ3) is 2.20. The first-order valence-electron chi connectivity index (χ1n) is 6.58. The van der Waals surface area contributed by atoms with Crippen molar-refractivity contribution in [1.29, 1.82) is 0 Å². The molecule has 1 aromatic heterocycles. The molecule has 4 nitrogen and oxygen atoms in total. The maximum absolute atomic E-state index is 5.67. The Labute approximate surface area is 106 Å². The maximum Gasteiger partial charge on any atom is 0.295 e. The van der Waals surface area contributed by atoms with Gasteiger partial charge in [0.15, 0.2) is 5.58 Å².